The summed E-state index contributed by atoms with van der Waals surface area (Å²) >= 11 is 1.51. The molecule has 0 saturated carbocycles. The Morgan fingerprint density at radius 2 is 2.08 bits per heavy atom. The Morgan fingerprint density at radius 1 is 1.25 bits per heavy atom. The topological polar surface area (TPSA) is 67.9 Å². The van der Waals surface area contributed by atoms with E-state index in [1.807, 2.05) is 47.8 Å². The van der Waals surface area contributed by atoms with Gasteiger partial charge in [-0.15, -0.1) is 11.3 Å². The van der Waals surface area contributed by atoms with Crippen LogP contribution < -0.4 is 0 Å². The quantitative estimate of drug-likeness (QED) is 0.640. The van der Waals surface area contributed by atoms with Gasteiger partial charge in [-0.25, -0.2) is 4.79 Å². The second-order valence-corrected chi connectivity index (χ2v) is 6.05. The molecule has 0 spiro atoms. The first-order valence-electron chi connectivity index (χ1n) is 7.47. The smallest absolute Gasteiger partial charge is 0.342 e. The van der Waals surface area contributed by atoms with E-state index in [0.29, 0.717) is 24.2 Å². The molecule has 0 N–H and O–H groups in total. The predicted octanol–water partition coefficient (Wildman–Crippen LogP) is 3.88. The lowest BCUT2D eigenvalue weighted by Crippen LogP contribution is -2.05. The Balaban J connectivity index is 1.81. The Bertz CT molecular complexity index is 848. The van der Waals surface area contributed by atoms with E-state index in [2.05, 4.69) is 11.2 Å². The highest BCUT2D eigenvalue weighted by atomic mass is 32.1. The van der Waals surface area contributed by atoms with Crippen LogP contribution in [-0.4, -0.2) is 15.7 Å². The number of carbonyl (C=O) groups excluding carboxylic acids is 1. The number of esters is 1. The number of aromatic nitrogens is 2. The summed E-state index contributed by atoms with van der Waals surface area (Å²) in [4.78, 5) is 13.4. The van der Waals surface area contributed by atoms with Gasteiger partial charge in [0.15, 0.2) is 0 Å². The molecular weight excluding hydrogens is 322 g/mol. The van der Waals surface area contributed by atoms with Crippen LogP contribution >= 0.6 is 11.3 Å². The van der Waals surface area contributed by atoms with Crippen LogP contribution in [0.4, 0.5) is 0 Å². The van der Waals surface area contributed by atoms with Crippen molar-refractivity contribution >= 4 is 17.3 Å². The van der Waals surface area contributed by atoms with Crippen molar-refractivity contribution in [2.45, 2.75) is 19.6 Å². The van der Waals surface area contributed by atoms with Gasteiger partial charge in [-0.1, -0.05) is 36.4 Å². The molecule has 0 radical (unpaired) electrons. The average molecular weight is 337 g/mol. The first kappa shape index (κ1) is 16.0. The minimum atomic E-state index is -0.412. The molecule has 2 aromatic heterocycles. The van der Waals surface area contributed by atoms with E-state index in [1.165, 1.54) is 11.3 Å². The molecule has 0 atom stereocenters. The van der Waals surface area contributed by atoms with Gasteiger partial charge < -0.3 is 4.74 Å². The number of nitrogens with zero attached hydrogens (tertiary/aromatic N) is 3. The van der Waals surface area contributed by atoms with Crippen molar-refractivity contribution in [1.29, 1.82) is 5.26 Å². The molecule has 0 aliphatic rings. The standard InChI is InChI=1S/C18H15N3O2S/c19-9-5-10-21-12-15(17(20-21)16-8-4-11-24-16)18(22)23-13-14-6-2-1-3-7-14/h1-4,6-8,11-12H,5,10,13H2. The molecule has 5 nitrogen and oxygen atoms in total. The summed E-state index contributed by atoms with van der Waals surface area (Å²) in [5, 5.41) is 15.1. The van der Waals surface area contributed by atoms with E-state index in [-0.39, 0.29) is 6.61 Å². The van der Waals surface area contributed by atoms with Gasteiger partial charge in [0.2, 0.25) is 0 Å². The highest BCUT2D eigenvalue weighted by Gasteiger charge is 2.20. The first-order valence-corrected chi connectivity index (χ1v) is 8.35. The highest BCUT2D eigenvalue weighted by molar-refractivity contribution is 7.13. The number of hydrogen-bond donors (Lipinski definition) is 0. The maximum Gasteiger partial charge on any atom is 0.342 e. The zero-order valence-electron chi connectivity index (χ0n) is 12.9. The van der Waals surface area contributed by atoms with Crippen molar-refractivity contribution in [1.82, 2.24) is 9.78 Å². The molecule has 6 heteroatoms. The van der Waals surface area contributed by atoms with Crippen molar-refractivity contribution in [2.24, 2.45) is 0 Å². The monoisotopic (exact) mass is 337 g/mol. The molecule has 0 aliphatic carbocycles. The number of rotatable bonds is 6. The molecule has 0 unspecified atom stereocenters. The number of hydrogen-bond acceptors (Lipinski definition) is 5. The van der Waals surface area contributed by atoms with E-state index >= 15 is 0 Å². The van der Waals surface area contributed by atoms with Crippen LogP contribution in [0.2, 0.25) is 0 Å². The second-order valence-electron chi connectivity index (χ2n) is 5.10. The minimum absolute atomic E-state index is 0.215. The normalized spacial score (nSPS) is 10.3. The van der Waals surface area contributed by atoms with Gasteiger partial charge in [0, 0.05) is 6.20 Å². The summed E-state index contributed by atoms with van der Waals surface area (Å²) in [5.41, 5.74) is 1.95. The van der Waals surface area contributed by atoms with Crippen LogP contribution in [0.3, 0.4) is 0 Å². The highest BCUT2D eigenvalue weighted by Crippen LogP contribution is 2.27. The van der Waals surface area contributed by atoms with Crippen LogP contribution in [0.1, 0.15) is 22.3 Å². The molecule has 0 bridgehead atoms. The number of ether oxygens (including phenoxy) is 1. The van der Waals surface area contributed by atoms with E-state index < -0.39 is 5.97 Å². The molecule has 3 aromatic rings. The van der Waals surface area contributed by atoms with E-state index in [4.69, 9.17) is 10.00 Å². The third-order valence-electron chi connectivity index (χ3n) is 3.40. The second kappa shape index (κ2) is 7.57. The fourth-order valence-electron chi connectivity index (χ4n) is 2.25. The van der Waals surface area contributed by atoms with Gasteiger partial charge >= 0.3 is 5.97 Å². The van der Waals surface area contributed by atoms with E-state index in [1.54, 1.807) is 10.9 Å². The Kier molecular flexibility index (Phi) is 5.04. The fourth-order valence-corrected chi connectivity index (χ4v) is 2.97. The lowest BCUT2D eigenvalue weighted by Gasteiger charge is -2.04. The van der Waals surface area contributed by atoms with Gasteiger partial charge in [-0.3, -0.25) is 4.68 Å². The number of carbonyl (C=O) groups is 1. The first-order chi connectivity index (χ1) is 11.8. The number of aryl methyl sites for hydroxylation is 1. The van der Waals surface area contributed by atoms with Gasteiger partial charge in [0.05, 0.1) is 23.9 Å². The summed E-state index contributed by atoms with van der Waals surface area (Å²) in [6.07, 6.45) is 1.99. The Hall–Kier alpha value is -2.91. The largest absolute Gasteiger partial charge is 0.457 e. The maximum absolute atomic E-state index is 12.5. The van der Waals surface area contributed by atoms with Gasteiger partial charge in [-0.05, 0) is 17.0 Å². The predicted molar refractivity (Wildman–Crippen MR) is 91.3 cm³/mol. The molecule has 0 aliphatic heterocycles. The van der Waals surface area contributed by atoms with Gasteiger partial charge in [0.1, 0.15) is 17.9 Å². The van der Waals surface area contributed by atoms with Crippen molar-refractivity contribution in [2.75, 3.05) is 0 Å². The number of nitriles is 1. The summed E-state index contributed by atoms with van der Waals surface area (Å²) in [6.45, 7) is 0.660. The number of benzene rings is 1. The van der Waals surface area contributed by atoms with E-state index in [0.717, 1.165) is 10.4 Å². The zero-order chi connectivity index (χ0) is 16.8. The average Bonchev–Trinajstić information content (AvgIpc) is 3.28. The summed E-state index contributed by atoms with van der Waals surface area (Å²) in [5.74, 6) is -0.412. The molecule has 120 valence electrons. The SMILES string of the molecule is N#CCCn1cc(C(=O)OCc2ccccc2)c(-c2cccs2)n1. The lowest BCUT2D eigenvalue weighted by molar-refractivity contribution is 0.0473. The van der Waals surface area contributed by atoms with Crippen molar-refractivity contribution in [3.05, 3.63) is 65.2 Å². The Morgan fingerprint density at radius 3 is 2.79 bits per heavy atom. The zero-order valence-corrected chi connectivity index (χ0v) is 13.7. The molecule has 0 saturated heterocycles. The maximum atomic E-state index is 12.5. The minimum Gasteiger partial charge on any atom is -0.457 e. The molecule has 1 aromatic carbocycles. The van der Waals surface area contributed by atoms with Crippen LogP contribution in [0.25, 0.3) is 10.6 Å². The van der Waals surface area contributed by atoms with Crippen molar-refractivity contribution < 1.29 is 9.53 Å². The third kappa shape index (κ3) is 3.70. The molecular formula is C18H15N3O2S. The molecule has 2 heterocycles. The molecule has 0 amide bonds. The van der Waals surface area contributed by atoms with Crippen molar-refractivity contribution in [3.8, 4) is 16.6 Å². The van der Waals surface area contributed by atoms with E-state index in [9.17, 15) is 4.79 Å². The third-order valence-corrected chi connectivity index (χ3v) is 4.28. The summed E-state index contributed by atoms with van der Waals surface area (Å²) in [7, 11) is 0. The lowest BCUT2D eigenvalue weighted by atomic mass is 10.2. The van der Waals surface area contributed by atoms with Crippen LogP contribution in [-0.2, 0) is 17.9 Å². The van der Waals surface area contributed by atoms with Crippen molar-refractivity contribution in [3.63, 3.8) is 0 Å². The fraction of sp³-hybridized carbons (Fsp3) is 0.167. The Labute approximate surface area is 143 Å². The van der Waals surface area contributed by atoms with Crippen LogP contribution in [0.5, 0.6) is 0 Å². The summed E-state index contributed by atoms with van der Waals surface area (Å²) < 4.78 is 7.04. The molecule has 0 fully saturated rings. The summed E-state index contributed by atoms with van der Waals surface area (Å²) in [6, 6.07) is 15.4. The molecule has 24 heavy (non-hydrogen) atoms. The van der Waals surface area contributed by atoms with Gasteiger partial charge in [-0.2, -0.15) is 10.4 Å². The van der Waals surface area contributed by atoms with Crippen LogP contribution in [0.15, 0.2) is 54.0 Å². The van der Waals surface area contributed by atoms with Gasteiger partial charge in [0.25, 0.3) is 0 Å². The van der Waals surface area contributed by atoms with Crippen LogP contribution in [0, 0.1) is 11.3 Å². The molecule has 3 rings (SSSR count). The number of thiophene rings is 1.